The van der Waals surface area contributed by atoms with Gasteiger partial charge in [-0.1, -0.05) is 12.1 Å². The van der Waals surface area contributed by atoms with E-state index in [4.69, 9.17) is 0 Å². The zero-order valence-corrected chi connectivity index (χ0v) is 9.88. The van der Waals surface area contributed by atoms with Gasteiger partial charge in [0.25, 0.3) is 0 Å². The average Bonchev–Trinajstić information content (AvgIpc) is 2.57. The molecule has 8 heteroatoms. The molecule has 4 nitrogen and oxygen atoms in total. The van der Waals surface area contributed by atoms with Gasteiger partial charge in [0.2, 0.25) is 0 Å². The van der Waals surface area contributed by atoms with Crippen LogP contribution in [-0.4, -0.2) is 17.3 Å². The normalized spacial score (nSPS) is 11.1. The third-order valence-corrected chi connectivity index (χ3v) is 2.23. The third kappa shape index (κ3) is 3.94. The van der Waals surface area contributed by atoms with Crippen molar-refractivity contribution in [2.24, 2.45) is 0 Å². The van der Waals surface area contributed by atoms with Gasteiger partial charge in [-0.05, 0) is 12.1 Å². The number of alkyl halides is 3. The Bertz CT molecular complexity index is 594. The molecule has 1 N–H and O–H groups in total. The molecule has 96 valence electrons. The van der Waals surface area contributed by atoms with E-state index in [0.29, 0.717) is 5.39 Å². The number of aromatic amines is 1. The predicted octanol–water partition coefficient (Wildman–Crippen LogP) is -1.64. The summed E-state index contributed by atoms with van der Waals surface area (Å²) in [6.07, 6.45) is -5.20. The Labute approximate surface area is 117 Å². The Hall–Kier alpha value is -1.58. The standard InChI is InChI=1S/C11H8F3NO3.Li/c12-11(13,14)18-8-3-1-2-6-4-7(5-9(16)17)15-10(6)8;/h1-4,15H,5H2,(H,16,17);/q;+1/p-1. The zero-order valence-electron chi connectivity index (χ0n) is 9.88. The third-order valence-electron chi connectivity index (χ3n) is 2.23. The van der Waals surface area contributed by atoms with Crippen molar-refractivity contribution in [3.05, 3.63) is 30.0 Å². The molecule has 0 bridgehead atoms. The van der Waals surface area contributed by atoms with Crippen LogP contribution in [0.25, 0.3) is 10.9 Å². The number of carbonyl (C=O) groups is 1. The summed E-state index contributed by atoms with van der Waals surface area (Å²) in [5.41, 5.74) is 0.356. The van der Waals surface area contributed by atoms with Crippen LogP contribution in [0.1, 0.15) is 5.69 Å². The van der Waals surface area contributed by atoms with Crippen LogP contribution in [0, 0.1) is 0 Å². The second kappa shape index (κ2) is 5.59. The summed E-state index contributed by atoms with van der Waals surface area (Å²) in [6.45, 7) is 0. The fourth-order valence-electron chi connectivity index (χ4n) is 1.65. The molecule has 0 unspecified atom stereocenters. The molecule has 0 atom stereocenters. The Morgan fingerprint density at radius 2 is 2.05 bits per heavy atom. The van der Waals surface area contributed by atoms with Gasteiger partial charge in [0.1, 0.15) is 0 Å². The van der Waals surface area contributed by atoms with E-state index >= 15 is 0 Å². The molecule has 0 saturated carbocycles. The van der Waals surface area contributed by atoms with Crippen molar-refractivity contribution in [3.63, 3.8) is 0 Å². The van der Waals surface area contributed by atoms with Gasteiger partial charge < -0.3 is 19.6 Å². The fraction of sp³-hybridized carbons (Fsp3) is 0.182. The average molecular weight is 265 g/mol. The van der Waals surface area contributed by atoms with E-state index in [-0.39, 0.29) is 30.1 Å². The Balaban J connectivity index is 0.00000180. The Morgan fingerprint density at radius 1 is 1.37 bits per heavy atom. The first-order chi connectivity index (χ1) is 8.35. The number of nitrogens with one attached hydrogen (secondary N) is 1. The number of benzene rings is 1. The molecule has 1 aromatic carbocycles. The number of para-hydroxylation sites is 1. The van der Waals surface area contributed by atoms with E-state index < -0.39 is 24.5 Å². The Morgan fingerprint density at radius 3 is 2.63 bits per heavy atom. The van der Waals surface area contributed by atoms with Crippen LogP contribution in [0.4, 0.5) is 13.2 Å². The number of carbonyl (C=O) groups excluding carboxylic acids is 1. The van der Waals surface area contributed by atoms with Crippen LogP contribution in [0.2, 0.25) is 0 Å². The van der Waals surface area contributed by atoms with E-state index in [1.54, 1.807) is 6.07 Å². The van der Waals surface area contributed by atoms with Crippen molar-refractivity contribution < 1.29 is 46.7 Å². The maximum Gasteiger partial charge on any atom is 1.00 e. The van der Waals surface area contributed by atoms with Crippen molar-refractivity contribution in [3.8, 4) is 5.75 Å². The predicted molar refractivity (Wildman–Crippen MR) is 53.7 cm³/mol. The molecule has 0 radical (unpaired) electrons. The molecule has 0 fully saturated rings. The first kappa shape index (κ1) is 15.5. The number of aromatic nitrogens is 1. The topological polar surface area (TPSA) is 65.2 Å². The van der Waals surface area contributed by atoms with Gasteiger partial charge in [-0.25, -0.2) is 0 Å². The number of carboxylic acid groups (broad SMARTS) is 1. The largest absolute Gasteiger partial charge is 1.00 e. The second-order valence-corrected chi connectivity index (χ2v) is 3.61. The van der Waals surface area contributed by atoms with Crippen molar-refractivity contribution >= 4 is 16.9 Å². The molecule has 19 heavy (non-hydrogen) atoms. The van der Waals surface area contributed by atoms with Gasteiger partial charge in [-0.3, -0.25) is 0 Å². The van der Waals surface area contributed by atoms with E-state index in [9.17, 15) is 23.1 Å². The summed E-state index contributed by atoms with van der Waals surface area (Å²) in [7, 11) is 0. The molecule has 0 saturated heterocycles. The maximum absolute atomic E-state index is 12.1. The van der Waals surface area contributed by atoms with E-state index in [2.05, 4.69) is 9.72 Å². The van der Waals surface area contributed by atoms with Gasteiger partial charge in [0.15, 0.2) is 5.75 Å². The van der Waals surface area contributed by atoms with Crippen molar-refractivity contribution in [1.82, 2.24) is 4.98 Å². The molecule has 0 amide bonds. The molecule has 0 aliphatic rings. The van der Waals surface area contributed by atoms with Crippen molar-refractivity contribution in [2.75, 3.05) is 0 Å². The molecule has 0 aliphatic carbocycles. The summed E-state index contributed by atoms with van der Waals surface area (Å²) in [4.78, 5) is 13.0. The maximum atomic E-state index is 12.1. The number of hydrogen-bond acceptors (Lipinski definition) is 3. The zero-order chi connectivity index (χ0) is 13.3. The summed E-state index contributed by atoms with van der Waals surface area (Å²) >= 11 is 0. The van der Waals surface area contributed by atoms with Gasteiger partial charge in [0.05, 0.1) is 5.52 Å². The fourth-order valence-corrected chi connectivity index (χ4v) is 1.65. The number of aliphatic carboxylic acids is 1. The van der Waals surface area contributed by atoms with Crippen molar-refractivity contribution in [2.45, 2.75) is 12.8 Å². The van der Waals surface area contributed by atoms with E-state index in [1.807, 2.05) is 0 Å². The molecule has 1 aromatic heterocycles. The quantitative estimate of drug-likeness (QED) is 0.677. The summed E-state index contributed by atoms with van der Waals surface area (Å²) in [5.74, 6) is -1.72. The van der Waals surface area contributed by atoms with E-state index in [1.165, 1.54) is 12.1 Å². The molecule has 2 aromatic rings. The van der Waals surface area contributed by atoms with Crippen LogP contribution in [-0.2, 0) is 11.2 Å². The number of rotatable bonds is 3. The van der Waals surface area contributed by atoms with Gasteiger partial charge in [-0.2, -0.15) is 0 Å². The van der Waals surface area contributed by atoms with E-state index in [0.717, 1.165) is 6.07 Å². The minimum atomic E-state index is -4.80. The Kier molecular flexibility index (Phi) is 4.55. The van der Waals surface area contributed by atoms with Crippen molar-refractivity contribution in [1.29, 1.82) is 0 Å². The molecule has 1 heterocycles. The number of carboxylic acids is 1. The second-order valence-electron chi connectivity index (χ2n) is 3.61. The molecule has 0 spiro atoms. The van der Waals surface area contributed by atoms with Crippen LogP contribution in [0.15, 0.2) is 24.3 Å². The number of hydrogen-bond donors (Lipinski definition) is 1. The van der Waals surface area contributed by atoms with Crippen LogP contribution in [0.5, 0.6) is 5.75 Å². The first-order valence-corrected chi connectivity index (χ1v) is 4.91. The number of fused-ring (bicyclic) bond motifs is 1. The summed E-state index contributed by atoms with van der Waals surface area (Å²) in [5, 5.41) is 10.9. The van der Waals surface area contributed by atoms with Gasteiger partial charge in [-0.15, -0.1) is 13.2 Å². The monoisotopic (exact) mass is 265 g/mol. The number of ether oxygens (including phenoxy) is 1. The smallest absolute Gasteiger partial charge is 0.550 e. The molecule has 0 aliphatic heterocycles. The first-order valence-electron chi connectivity index (χ1n) is 4.91. The minimum Gasteiger partial charge on any atom is -0.550 e. The molecule has 2 rings (SSSR count). The van der Waals surface area contributed by atoms with Gasteiger partial charge in [0, 0.05) is 23.5 Å². The number of H-pyrrole nitrogens is 1. The summed E-state index contributed by atoms with van der Waals surface area (Å²) < 4.78 is 40.3. The number of halogens is 3. The SMILES string of the molecule is O=C([O-])Cc1cc2cccc(OC(F)(F)F)c2[nH]1.[Li+]. The molecular formula is C11H7F3LiNO3. The summed E-state index contributed by atoms with van der Waals surface area (Å²) in [6, 6.07) is 5.53. The van der Waals surface area contributed by atoms with Gasteiger partial charge >= 0.3 is 25.2 Å². The minimum absolute atomic E-state index is 0. The molecular weight excluding hydrogens is 258 g/mol. The van der Waals surface area contributed by atoms with Crippen LogP contribution < -0.4 is 28.7 Å². The van der Waals surface area contributed by atoms with Crippen LogP contribution in [0.3, 0.4) is 0 Å². The van der Waals surface area contributed by atoms with Crippen LogP contribution >= 0.6 is 0 Å².